The van der Waals surface area contributed by atoms with Crippen LogP contribution in [0.3, 0.4) is 0 Å². The molecule has 0 saturated heterocycles. The normalized spacial score (nSPS) is 12.1. The summed E-state index contributed by atoms with van der Waals surface area (Å²) in [4.78, 5) is 11.5. The van der Waals surface area contributed by atoms with E-state index in [-0.39, 0.29) is 18.4 Å². The largest absolute Gasteiger partial charge is 0.348 e. The van der Waals surface area contributed by atoms with Crippen molar-refractivity contribution in [3.63, 3.8) is 0 Å². The van der Waals surface area contributed by atoms with E-state index in [2.05, 4.69) is 25.9 Å². The second-order valence-corrected chi connectivity index (χ2v) is 3.40. The van der Waals surface area contributed by atoms with Crippen LogP contribution in [0.5, 0.6) is 0 Å². The van der Waals surface area contributed by atoms with Gasteiger partial charge in [0.1, 0.15) is 5.92 Å². The van der Waals surface area contributed by atoms with Crippen molar-refractivity contribution in [3.05, 3.63) is 5.82 Å². The molecule has 1 amide bonds. The van der Waals surface area contributed by atoms with Gasteiger partial charge in [0.15, 0.2) is 5.82 Å². The van der Waals surface area contributed by atoms with Crippen LogP contribution in [-0.2, 0) is 11.3 Å². The molecule has 0 spiro atoms. The quantitative estimate of drug-likeness (QED) is 0.700. The number of carbonyl (C=O) groups excluding carboxylic acids is 1. The molecular weight excluding hydrogens is 196 g/mol. The van der Waals surface area contributed by atoms with E-state index in [4.69, 9.17) is 5.26 Å². The smallest absolute Gasteiger partial charge is 0.237 e. The second-order valence-electron chi connectivity index (χ2n) is 3.40. The van der Waals surface area contributed by atoms with Gasteiger partial charge in [-0.25, -0.2) is 0 Å². The van der Waals surface area contributed by atoms with Crippen molar-refractivity contribution < 1.29 is 4.79 Å². The first kappa shape index (κ1) is 11.1. The molecule has 1 atom stereocenters. The number of rotatable bonds is 4. The maximum absolute atomic E-state index is 11.5. The Balaban J connectivity index is 2.46. The van der Waals surface area contributed by atoms with Crippen molar-refractivity contribution in [2.75, 3.05) is 0 Å². The molecule has 2 N–H and O–H groups in total. The highest BCUT2D eigenvalue weighted by Gasteiger charge is 2.21. The van der Waals surface area contributed by atoms with Gasteiger partial charge in [0.05, 0.1) is 12.6 Å². The molecule has 1 unspecified atom stereocenters. The summed E-state index contributed by atoms with van der Waals surface area (Å²) in [5.74, 6) is -0.571. The third-order valence-electron chi connectivity index (χ3n) is 1.90. The molecule has 0 aliphatic carbocycles. The van der Waals surface area contributed by atoms with Crippen molar-refractivity contribution in [3.8, 4) is 6.07 Å². The zero-order valence-corrected chi connectivity index (χ0v) is 8.56. The minimum Gasteiger partial charge on any atom is -0.348 e. The third kappa shape index (κ3) is 3.02. The maximum atomic E-state index is 11.5. The van der Waals surface area contributed by atoms with Gasteiger partial charge in [-0.2, -0.15) is 10.5 Å². The SMILES string of the molecule is CC(C)C(C#N)C(=O)NCc1nn[nH]n1. The summed E-state index contributed by atoms with van der Waals surface area (Å²) in [6, 6.07) is 1.96. The Bertz CT molecular complexity index is 352. The summed E-state index contributed by atoms with van der Waals surface area (Å²) in [6.07, 6.45) is 0. The van der Waals surface area contributed by atoms with Crippen molar-refractivity contribution in [1.82, 2.24) is 25.9 Å². The molecule has 7 heteroatoms. The predicted octanol–water partition coefficient (Wildman–Crippen LogP) is -0.388. The molecule has 1 aromatic rings. The maximum Gasteiger partial charge on any atom is 0.237 e. The Kier molecular flexibility index (Phi) is 3.74. The van der Waals surface area contributed by atoms with E-state index in [9.17, 15) is 4.79 Å². The number of carbonyl (C=O) groups is 1. The van der Waals surface area contributed by atoms with Crippen LogP contribution in [-0.4, -0.2) is 26.5 Å². The average Bonchev–Trinajstić information content (AvgIpc) is 2.67. The van der Waals surface area contributed by atoms with Crippen LogP contribution >= 0.6 is 0 Å². The van der Waals surface area contributed by atoms with Crippen LogP contribution in [0.4, 0.5) is 0 Å². The molecule has 0 saturated carbocycles. The molecule has 0 bridgehead atoms. The number of H-pyrrole nitrogens is 1. The minimum absolute atomic E-state index is 0.0136. The highest BCUT2D eigenvalue weighted by atomic mass is 16.1. The second kappa shape index (κ2) is 5.05. The van der Waals surface area contributed by atoms with E-state index in [1.165, 1.54) is 0 Å². The molecule has 15 heavy (non-hydrogen) atoms. The number of hydrogen-bond donors (Lipinski definition) is 2. The highest BCUT2D eigenvalue weighted by Crippen LogP contribution is 2.09. The molecule has 1 rings (SSSR count). The van der Waals surface area contributed by atoms with E-state index in [0.717, 1.165) is 0 Å². The van der Waals surface area contributed by atoms with Gasteiger partial charge in [0.25, 0.3) is 0 Å². The number of hydrogen-bond acceptors (Lipinski definition) is 5. The van der Waals surface area contributed by atoms with Gasteiger partial charge < -0.3 is 5.32 Å². The number of nitrogens with zero attached hydrogens (tertiary/aromatic N) is 4. The van der Waals surface area contributed by atoms with E-state index < -0.39 is 5.92 Å². The minimum atomic E-state index is -0.642. The Labute approximate surface area is 86.9 Å². The van der Waals surface area contributed by atoms with E-state index >= 15 is 0 Å². The van der Waals surface area contributed by atoms with Crippen LogP contribution in [0.25, 0.3) is 0 Å². The third-order valence-corrected chi connectivity index (χ3v) is 1.90. The first-order valence-electron chi connectivity index (χ1n) is 4.54. The van der Waals surface area contributed by atoms with Crippen LogP contribution < -0.4 is 5.32 Å². The first-order chi connectivity index (χ1) is 7.15. The number of nitrogens with one attached hydrogen (secondary N) is 2. The molecule has 0 fully saturated rings. The van der Waals surface area contributed by atoms with E-state index in [0.29, 0.717) is 5.82 Å². The van der Waals surface area contributed by atoms with Crippen molar-refractivity contribution >= 4 is 5.91 Å². The number of tetrazole rings is 1. The standard InChI is InChI=1S/C8H12N6O/c1-5(2)6(3-9)8(15)10-4-7-11-13-14-12-7/h5-6H,4H2,1-2H3,(H,10,15)(H,11,12,13,14). The van der Waals surface area contributed by atoms with Crippen molar-refractivity contribution in [2.24, 2.45) is 11.8 Å². The van der Waals surface area contributed by atoms with Crippen molar-refractivity contribution in [2.45, 2.75) is 20.4 Å². The van der Waals surface area contributed by atoms with Gasteiger partial charge in [-0.15, -0.1) is 10.2 Å². The van der Waals surface area contributed by atoms with Crippen molar-refractivity contribution in [1.29, 1.82) is 5.26 Å². The summed E-state index contributed by atoms with van der Waals surface area (Å²) in [5.41, 5.74) is 0. The fraction of sp³-hybridized carbons (Fsp3) is 0.625. The Hall–Kier alpha value is -1.97. The summed E-state index contributed by atoms with van der Waals surface area (Å²) in [5, 5.41) is 24.3. The molecule has 1 heterocycles. The van der Waals surface area contributed by atoms with Gasteiger partial charge in [-0.1, -0.05) is 19.1 Å². The molecule has 1 aromatic heterocycles. The van der Waals surface area contributed by atoms with Gasteiger partial charge in [0, 0.05) is 0 Å². The average molecular weight is 208 g/mol. The van der Waals surface area contributed by atoms with Gasteiger partial charge in [0.2, 0.25) is 5.91 Å². The van der Waals surface area contributed by atoms with Crippen LogP contribution in [0.2, 0.25) is 0 Å². The molecule has 7 nitrogen and oxygen atoms in total. The lowest BCUT2D eigenvalue weighted by molar-refractivity contribution is -0.124. The van der Waals surface area contributed by atoms with Crippen LogP contribution in [0.1, 0.15) is 19.7 Å². The monoisotopic (exact) mass is 208 g/mol. The van der Waals surface area contributed by atoms with Crippen LogP contribution in [0, 0.1) is 23.2 Å². The van der Waals surface area contributed by atoms with E-state index in [1.807, 2.05) is 19.9 Å². The van der Waals surface area contributed by atoms with Crippen LogP contribution in [0.15, 0.2) is 0 Å². The number of amides is 1. The van der Waals surface area contributed by atoms with E-state index in [1.54, 1.807) is 0 Å². The zero-order valence-electron chi connectivity index (χ0n) is 8.56. The molecule has 0 aliphatic rings. The van der Waals surface area contributed by atoms with Gasteiger partial charge in [-0.05, 0) is 5.92 Å². The molecule has 0 aromatic carbocycles. The Morgan fingerprint density at radius 2 is 2.40 bits per heavy atom. The van der Waals surface area contributed by atoms with Gasteiger partial charge >= 0.3 is 0 Å². The zero-order chi connectivity index (χ0) is 11.3. The highest BCUT2D eigenvalue weighted by molar-refractivity contribution is 5.81. The molecule has 80 valence electrons. The topological polar surface area (TPSA) is 107 Å². The lowest BCUT2D eigenvalue weighted by Gasteiger charge is -2.11. The Morgan fingerprint density at radius 1 is 1.67 bits per heavy atom. The lowest BCUT2D eigenvalue weighted by Crippen LogP contribution is -2.32. The summed E-state index contributed by atoms with van der Waals surface area (Å²) in [7, 11) is 0. The fourth-order valence-corrected chi connectivity index (χ4v) is 1.04. The summed E-state index contributed by atoms with van der Waals surface area (Å²) < 4.78 is 0. The fourth-order valence-electron chi connectivity index (χ4n) is 1.04. The molecule has 0 aliphatic heterocycles. The first-order valence-corrected chi connectivity index (χ1v) is 4.54. The molecule has 0 radical (unpaired) electrons. The summed E-state index contributed by atoms with van der Waals surface area (Å²) >= 11 is 0. The summed E-state index contributed by atoms with van der Waals surface area (Å²) in [6.45, 7) is 3.82. The number of aromatic nitrogens is 4. The number of nitriles is 1. The Morgan fingerprint density at radius 3 is 2.87 bits per heavy atom. The lowest BCUT2D eigenvalue weighted by atomic mass is 9.97. The van der Waals surface area contributed by atoms with Gasteiger partial charge in [-0.3, -0.25) is 4.79 Å². The number of aromatic amines is 1. The molecular formula is C8H12N6O. The predicted molar refractivity (Wildman–Crippen MR) is 50.0 cm³/mol.